The minimum absolute atomic E-state index is 0.252. The van der Waals surface area contributed by atoms with Crippen LogP contribution in [0.5, 0.6) is 0 Å². The average Bonchev–Trinajstić information content (AvgIpc) is 2.30. The number of aromatic nitrogens is 2. The highest BCUT2D eigenvalue weighted by Crippen LogP contribution is 2.06. The molecule has 4 heteroatoms. The minimum Gasteiger partial charge on any atom is -0.339 e. The lowest BCUT2D eigenvalue weighted by Crippen LogP contribution is -2.14. The SMILES string of the molecule is Cc1cncc(C(=N)Nc2ccccc2)n1. The van der Waals surface area contributed by atoms with Gasteiger partial charge in [0.1, 0.15) is 5.69 Å². The highest BCUT2D eigenvalue weighted by atomic mass is 15.0. The van der Waals surface area contributed by atoms with Crippen LogP contribution < -0.4 is 5.32 Å². The number of para-hydroxylation sites is 1. The van der Waals surface area contributed by atoms with Gasteiger partial charge in [-0.15, -0.1) is 0 Å². The molecular weight excluding hydrogens is 200 g/mol. The summed E-state index contributed by atoms with van der Waals surface area (Å²) in [6.07, 6.45) is 3.24. The van der Waals surface area contributed by atoms with Crippen LogP contribution in [0.3, 0.4) is 0 Å². The molecule has 2 aromatic rings. The monoisotopic (exact) mass is 212 g/mol. The summed E-state index contributed by atoms with van der Waals surface area (Å²) in [6, 6.07) is 9.56. The first kappa shape index (κ1) is 10.3. The Labute approximate surface area is 93.9 Å². The summed E-state index contributed by atoms with van der Waals surface area (Å²) < 4.78 is 0. The molecule has 16 heavy (non-hydrogen) atoms. The summed E-state index contributed by atoms with van der Waals surface area (Å²) in [5.41, 5.74) is 2.22. The lowest BCUT2D eigenvalue weighted by Gasteiger charge is -2.06. The van der Waals surface area contributed by atoms with Gasteiger partial charge in [0.05, 0.1) is 11.9 Å². The van der Waals surface area contributed by atoms with Crippen LogP contribution in [0.4, 0.5) is 5.69 Å². The molecule has 0 amide bonds. The molecular formula is C12H12N4. The van der Waals surface area contributed by atoms with Crippen LogP contribution in [0.25, 0.3) is 0 Å². The average molecular weight is 212 g/mol. The predicted octanol–water partition coefficient (Wildman–Crippen LogP) is 2.22. The second kappa shape index (κ2) is 4.53. The summed E-state index contributed by atoms with van der Waals surface area (Å²) >= 11 is 0. The maximum absolute atomic E-state index is 7.85. The van der Waals surface area contributed by atoms with E-state index >= 15 is 0 Å². The molecule has 0 bridgehead atoms. The van der Waals surface area contributed by atoms with Gasteiger partial charge < -0.3 is 5.32 Å². The second-order valence-electron chi connectivity index (χ2n) is 3.41. The molecule has 0 aliphatic rings. The van der Waals surface area contributed by atoms with Gasteiger partial charge >= 0.3 is 0 Å². The van der Waals surface area contributed by atoms with Gasteiger partial charge in [-0.3, -0.25) is 10.4 Å². The van der Waals surface area contributed by atoms with Crippen molar-refractivity contribution in [2.75, 3.05) is 5.32 Å². The molecule has 1 heterocycles. The van der Waals surface area contributed by atoms with Crippen LogP contribution in [0, 0.1) is 12.3 Å². The molecule has 1 aromatic carbocycles. The van der Waals surface area contributed by atoms with Crippen molar-refractivity contribution in [3.63, 3.8) is 0 Å². The first-order valence-corrected chi connectivity index (χ1v) is 4.95. The molecule has 1 aromatic heterocycles. The Morgan fingerprint density at radius 3 is 2.62 bits per heavy atom. The number of amidine groups is 1. The molecule has 4 nitrogen and oxygen atoms in total. The van der Waals surface area contributed by atoms with Crippen molar-refractivity contribution < 1.29 is 0 Å². The van der Waals surface area contributed by atoms with Crippen molar-refractivity contribution in [1.29, 1.82) is 5.41 Å². The molecule has 0 fully saturated rings. The highest BCUT2D eigenvalue weighted by molar-refractivity contribution is 6.04. The fraction of sp³-hybridized carbons (Fsp3) is 0.0833. The Bertz CT molecular complexity index is 493. The third-order valence-electron chi connectivity index (χ3n) is 2.05. The maximum atomic E-state index is 7.85. The Morgan fingerprint density at radius 1 is 1.19 bits per heavy atom. The van der Waals surface area contributed by atoms with Gasteiger partial charge in [0, 0.05) is 11.9 Å². The molecule has 0 saturated heterocycles. The van der Waals surface area contributed by atoms with Gasteiger partial charge in [0.2, 0.25) is 0 Å². The van der Waals surface area contributed by atoms with Crippen LogP contribution in [0.2, 0.25) is 0 Å². The van der Waals surface area contributed by atoms with E-state index in [1.165, 1.54) is 0 Å². The quantitative estimate of drug-likeness (QED) is 0.592. The smallest absolute Gasteiger partial charge is 0.150 e. The Balaban J connectivity index is 2.15. The molecule has 80 valence electrons. The number of benzene rings is 1. The van der Waals surface area contributed by atoms with E-state index in [1.54, 1.807) is 12.4 Å². The van der Waals surface area contributed by atoms with Crippen LogP contribution in [0.1, 0.15) is 11.4 Å². The van der Waals surface area contributed by atoms with E-state index < -0.39 is 0 Å². The first-order chi connectivity index (χ1) is 7.75. The van der Waals surface area contributed by atoms with E-state index in [2.05, 4.69) is 15.3 Å². The standard InChI is InChI=1S/C12H12N4/c1-9-7-14-8-11(15-9)12(13)16-10-5-3-2-4-6-10/h2-8H,1H3,(H2,13,16). The molecule has 0 atom stereocenters. The lowest BCUT2D eigenvalue weighted by molar-refractivity contribution is 1.09. The van der Waals surface area contributed by atoms with Gasteiger partial charge in [0.15, 0.2) is 5.84 Å². The van der Waals surface area contributed by atoms with Gasteiger partial charge in [-0.2, -0.15) is 0 Å². The summed E-state index contributed by atoms with van der Waals surface area (Å²) in [7, 11) is 0. The van der Waals surface area contributed by atoms with Crippen molar-refractivity contribution in [1.82, 2.24) is 9.97 Å². The fourth-order valence-corrected chi connectivity index (χ4v) is 1.31. The van der Waals surface area contributed by atoms with E-state index in [0.717, 1.165) is 11.4 Å². The number of hydrogen-bond acceptors (Lipinski definition) is 3. The van der Waals surface area contributed by atoms with Crippen LogP contribution >= 0.6 is 0 Å². The van der Waals surface area contributed by atoms with Gasteiger partial charge in [-0.25, -0.2) is 4.98 Å². The lowest BCUT2D eigenvalue weighted by atomic mass is 10.3. The van der Waals surface area contributed by atoms with E-state index in [0.29, 0.717) is 5.69 Å². The van der Waals surface area contributed by atoms with E-state index in [4.69, 9.17) is 5.41 Å². The van der Waals surface area contributed by atoms with E-state index in [1.807, 2.05) is 37.3 Å². The van der Waals surface area contributed by atoms with Gasteiger partial charge in [-0.05, 0) is 19.1 Å². The normalized spacial score (nSPS) is 9.81. The summed E-state index contributed by atoms with van der Waals surface area (Å²) in [6.45, 7) is 1.85. The summed E-state index contributed by atoms with van der Waals surface area (Å²) in [5.74, 6) is 0.252. The van der Waals surface area contributed by atoms with Crippen LogP contribution in [-0.4, -0.2) is 15.8 Å². The van der Waals surface area contributed by atoms with Crippen molar-refractivity contribution in [2.45, 2.75) is 6.92 Å². The van der Waals surface area contributed by atoms with Crippen molar-refractivity contribution in [2.24, 2.45) is 0 Å². The number of aryl methyl sites for hydroxylation is 1. The molecule has 0 aliphatic heterocycles. The topological polar surface area (TPSA) is 61.7 Å². The van der Waals surface area contributed by atoms with E-state index in [-0.39, 0.29) is 5.84 Å². The summed E-state index contributed by atoms with van der Waals surface area (Å²) in [4.78, 5) is 8.22. The van der Waals surface area contributed by atoms with Crippen molar-refractivity contribution in [3.8, 4) is 0 Å². The van der Waals surface area contributed by atoms with Crippen LogP contribution in [0.15, 0.2) is 42.7 Å². The zero-order chi connectivity index (χ0) is 11.4. The minimum atomic E-state index is 0.252. The van der Waals surface area contributed by atoms with Gasteiger partial charge in [-0.1, -0.05) is 18.2 Å². The zero-order valence-electron chi connectivity index (χ0n) is 8.94. The Hall–Kier alpha value is -2.23. The number of nitrogens with one attached hydrogen (secondary N) is 2. The van der Waals surface area contributed by atoms with Crippen molar-refractivity contribution >= 4 is 11.5 Å². The molecule has 0 radical (unpaired) electrons. The Kier molecular flexibility index (Phi) is 2.91. The predicted molar refractivity (Wildman–Crippen MR) is 63.7 cm³/mol. The molecule has 2 rings (SSSR count). The third kappa shape index (κ3) is 2.42. The zero-order valence-corrected chi connectivity index (χ0v) is 8.94. The molecule has 2 N–H and O–H groups in total. The molecule has 0 unspecified atom stereocenters. The summed E-state index contributed by atoms with van der Waals surface area (Å²) in [5, 5.41) is 10.8. The number of hydrogen-bond donors (Lipinski definition) is 2. The largest absolute Gasteiger partial charge is 0.339 e. The number of nitrogens with zero attached hydrogens (tertiary/aromatic N) is 2. The second-order valence-corrected chi connectivity index (χ2v) is 3.41. The van der Waals surface area contributed by atoms with Gasteiger partial charge in [0.25, 0.3) is 0 Å². The third-order valence-corrected chi connectivity index (χ3v) is 2.05. The maximum Gasteiger partial charge on any atom is 0.150 e. The molecule has 0 spiro atoms. The fourth-order valence-electron chi connectivity index (χ4n) is 1.31. The molecule has 0 aliphatic carbocycles. The highest BCUT2D eigenvalue weighted by Gasteiger charge is 2.03. The number of anilines is 1. The van der Waals surface area contributed by atoms with E-state index in [9.17, 15) is 0 Å². The number of rotatable bonds is 2. The molecule has 0 saturated carbocycles. The first-order valence-electron chi connectivity index (χ1n) is 4.95. The van der Waals surface area contributed by atoms with Crippen molar-refractivity contribution in [3.05, 3.63) is 54.1 Å². The van der Waals surface area contributed by atoms with Crippen LogP contribution in [-0.2, 0) is 0 Å². The Morgan fingerprint density at radius 2 is 1.94 bits per heavy atom.